The molecule has 0 amide bonds. The molecule has 0 spiro atoms. The average molecular weight is 403 g/mol. The molecule has 1 N–H and O–H groups in total. The Bertz CT molecular complexity index is 190. The van der Waals surface area contributed by atoms with E-state index in [1.165, 1.54) is 0 Å². The van der Waals surface area contributed by atoms with Gasteiger partial charge in [0.05, 0.1) is 79.3 Å². The van der Waals surface area contributed by atoms with Crippen LogP contribution in [0, 0.1) is 0 Å². The molecule has 0 radical (unpaired) electrons. The number of aliphatic hydroxyl groups excluding tert-OH is 1. The highest BCUT2D eigenvalue weighted by Gasteiger charge is 1.94. The fraction of sp³-hybridized carbons (Fsp3) is 1.00. The molecule has 0 aromatic carbocycles. The second-order valence-corrected chi connectivity index (χ2v) is 5.23. The number of aliphatic hydroxyl groups is 1. The number of hydrogen-bond donors (Lipinski definition) is 1. The van der Waals surface area contributed by atoms with Gasteiger partial charge in [0.25, 0.3) is 0 Å². The van der Waals surface area contributed by atoms with Crippen molar-refractivity contribution in [2.75, 3.05) is 91.2 Å². The van der Waals surface area contributed by atoms with E-state index in [1.807, 2.05) is 0 Å². The predicted molar refractivity (Wildman–Crippen MR) is 90.4 cm³/mol. The van der Waals surface area contributed by atoms with Crippen LogP contribution in [-0.4, -0.2) is 96.3 Å². The van der Waals surface area contributed by atoms with Crippen LogP contribution in [0.15, 0.2) is 0 Å². The summed E-state index contributed by atoms with van der Waals surface area (Å²) in [5.74, 6) is 0. The molecule has 0 rings (SSSR count). The number of ether oxygens (including phenoxy) is 6. The van der Waals surface area contributed by atoms with Crippen LogP contribution in [0.25, 0.3) is 0 Å². The summed E-state index contributed by atoms with van der Waals surface area (Å²) >= 11 is 3.34. The van der Waals surface area contributed by atoms with Crippen molar-refractivity contribution in [1.29, 1.82) is 0 Å². The lowest BCUT2D eigenvalue weighted by molar-refractivity contribution is -0.0181. The zero-order chi connectivity index (χ0) is 16.8. The Morgan fingerprint density at radius 3 is 1.09 bits per heavy atom. The molecule has 8 heteroatoms. The third kappa shape index (κ3) is 22.2. The lowest BCUT2D eigenvalue weighted by Crippen LogP contribution is -2.14. The number of alkyl halides is 1. The molecule has 140 valence electrons. The zero-order valence-electron chi connectivity index (χ0n) is 13.9. The lowest BCUT2D eigenvalue weighted by Gasteiger charge is -2.08. The van der Waals surface area contributed by atoms with Gasteiger partial charge in [-0.2, -0.15) is 0 Å². The van der Waals surface area contributed by atoms with Crippen molar-refractivity contribution in [1.82, 2.24) is 0 Å². The number of hydrogen-bond acceptors (Lipinski definition) is 7. The van der Waals surface area contributed by atoms with Crippen LogP contribution < -0.4 is 0 Å². The summed E-state index contributed by atoms with van der Waals surface area (Å²) in [7, 11) is 0. The van der Waals surface area contributed by atoms with Crippen LogP contribution in [0.1, 0.15) is 6.42 Å². The topological polar surface area (TPSA) is 75.6 Å². The van der Waals surface area contributed by atoms with Crippen molar-refractivity contribution in [2.45, 2.75) is 6.42 Å². The standard InChI is InChI=1S/C15H31BrO7/c16-2-1-4-18-6-8-20-10-12-22-14-15-23-13-11-21-9-7-19-5-3-17/h17H,1-15H2. The van der Waals surface area contributed by atoms with E-state index in [2.05, 4.69) is 15.9 Å². The quantitative estimate of drug-likeness (QED) is 0.239. The van der Waals surface area contributed by atoms with Crippen LogP contribution in [-0.2, 0) is 28.4 Å². The molecular formula is C15H31BrO7. The van der Waals surface area contributed by atoms with E-state index in [4.69, 9.17) is 33.5 Å². The minimum atomic E-state index is 0.0410. The van der Waals surface area contributed by atoms with E-state index >= 15 is 0 Å². The van der Waals surface area contributed by atoms with Crippen molar-refractivity contribution < 1.29 is 33.5 Å². The molecule has 23 heavy (non-hydrogen) atoms. The molecule has 0 aliphatic rings. The first kappa shape index (κ1) is 23.2. The van der Waals surface area contributed by atoms with Gasteiger partial charge in [0, 0.05) is 11.9 Å². The van der Waals surface area contributed by atoms with Gasteiger partial charge in [-0.15, -0.1) is 0 Å². The molecule has 0 saturated carbocycles. The Morgan fingerprint density at radius 2 is 0.783 bits per heavy atom. The largest absolute Gasteiger partial charge is 0.394 e. The molecule has 0 fully saturated rings. The number of rotatable bonds is 20. The van der Waals surface area contributed by atoms with Gasteiger partial charge in [0.2, 0.25) is 0 Å². The summed E-state index contributed by atoms with van der Waals surface area (Å²) in [5.41, 5.74) is 0. The molecule has 0 aliphatic heterocycles. The third-order valence-corrected chi connectivity index (χ3v) is 3.08. The predicted octanol–water partition coefficient (Wildman–Crippen LogP) is 0.863. The van der Waals surface area contributed by atoms with Gasteiger partial charge in [-0.25, -0.2) is 0 Å². The summed E-state index contributed by atoms with van der Waals surface area (Å²) in [5, 5.41) is 9.46. The maximum Gasteiger partial charge on any atom is 0.0701 e. The van der Waals surface area contributed by atoms with Gasteiger partial charge in [0.1, 0.15) is 0 Å². The van der Waals surface area contributed by atoms with Crippen molar-refractivity contribution in [3.63, 3.8) is 0 Å². The van der Waals surface area contributed by atoms with Crippen molar-refractivity contribution in [2.24, 2.45) is 0 Å². The Balaban J connectivity index is 2.92. The maximum atomic E-state index is 8.50. The first-order valence-electron chi connectivity index (χ1n) is 8.05. The highest BCUT2D eigenvalue weighted by molar-refractivity contribution is 9.09. The molecule has 7 nitrogen and oxygen atoms in total. The lowest BCUT2D eigenvalue weighted by atomic mass is 10.5. The monoisotopic (exact) mass is 402 g/mol. The fourth-order valence-corrected chi connectivity index (χ4v) is 1.65. The second kappa shape index (κ2) is 22.2. The highest BCUT2D eigenvalue weighted by atomic mass is 79.9. The minimum Gasteiger partial charge on any atom is -0.394 e. The van der Waals surface area contributed by atoms with Crippen molar-refractivity contribution >= 4 is 15.9 Å². The van der Waals surface area contributed by atoms with E-state index in [0.717, 1.165) is 18.4 Å². The summed E-state index contributed by atoms with van der Waals surface area (Å²) in [4.78, 5) is 0. The van der Waals surface area contributed by atoms with E-state index in [1.54, 1.807) is 0 Å². The van der Waals surface area contributed by atoms with Crippen molar-refractivity contribution in [3.05, 3.63) is 0 Å². The van der Waals surface area contributed by atoms with Crippen LogP contribution in [0.2, 0.25) is 0 Å². The molecular weight excluding hydrogens is 372 g/mol. The third-order valence-electron chi connectivity index (χ3n) is 2.52. The van der Waals surface area contributed by atoms with Gasteiger partial charge in [-0.3, -0.25) is 0 Å². The van der Waals surface area contributed by atoms with Crippen LogP contribution >= 0.6 is 15.9 Å². The van der Waals surface area contributed by atoms with E-state index in [9.17, 15) is 0 Å². The number of halogens is 1. The highest BCUT2D eigenvalue weighted by Crippen LogP contribution is 1.89. The normalized spacial score (nSPS) is 11.2. The Labute approximate surface area is 147 Å². The molecule has 0 aromatic heterocycles. The first-order valence-corrected chi connectivity index (χ1v) is 9.17. The van der Waals surface area contributed by atoms with Gasteiger partial charge in [-0.05, 0) is 6.42 Å². The van der Waals surface area contributed by atoms with E-state index in [0.29, 0.717) is 72.7 Å². The van der Waals surface area contributed by atoms with Crippen molar-refractivity contribution in [3.8, 4) is 0 Å². The zero-order valence-corrected chi connectivity index (χ0v) is 15.5. The first-order chi connectivity index (χ1) is 11.4. The maximum absolute atomic E-state index is 8.50. The van der Waals surface area contributed by atoms with Crippen LogP contribution in [0.3, 0.4) is 0 Å². The molecule has 0 aromatic rings. The van der Waals surface area contributed by atoms with Gasteiger partial charge in [-0.1, -0.05) is 15.9 Å². The Kier molecular flexibility index (Phi) is 22.4. The SMILES string of the molecule is OCCOCCOCCOCCOCCOCCOCCCBr. The minimum absolute atomic E-state index is 0.0410. The van der Waals surface area contributed by atoms with Crippen LogP contribution in [0.4, 0.5) is 0 Å². The van der Waals surface area contributed by atoms with Gasteiger partial charge in [0.15, 0.2) is 0 Å². The summed E-state index contributed by atoms with van der Waals surface area (Å²) in [6.45, 7) is 6.66. The second-order valence-electron chi connectivity index (χ2n) is 4.44. The Morgan fingerprint density at radius 1 is 0.478 bits per heavy atom. The molecule has 0 unspecified atom stereocenters. The summed E-state index contributed by atoms with van der Waals surface area (Å²) in [6, 6.07) is 0. The van der Waals surface area contributed by atoms with E-state index < -0.39 is 0 Å². The fourth-order valence-electron chi connectivity index (χ4n) is 1.42. The average Bonchev–Trinajstić information content (AvgIpc) is 2.57. The van der Waals surface area contributed by atoms with Gasteiger partial charge >= 0.3 is 0 Å². The summed E-state index contributed by atoms with van der Waals surface area (Å²) in [6.07, 6.45) is 1.02. The molecule has 0 atom stereocenters. The summed E-state index contributed by atoms with van der Waals surface area (Å²) < 4.78 is 31.8. The van der Waals surface area contributed by atoms with Gasteiger partial charge < -0.3 is 33.5 Å². The molecule has 0 aliphatic carbocycles. The Hall–Kier alpha value is 0.200. The molecule has 0 heterocycles. The van der Waals surface area contributed by atoms with E-state index in [-0.39, 0.29) is 6.61 Å². The molecule has 0 saturated heterocycles. The molecule has 0 bridgehead atoms. The van der Waals surface area contributed by atoms with Crippen LogP contribution in [0.5, 0.6) is 0 Å². The smallest absolute Gasteiger partial charge is 0.0701 e.